The molecule has 0 radical (unpaired) electrons. The lowest BCUT2D eigenvalue weighted by molar-refractivity contribution is -0.118. The number of nitrogens with zero attached hydrogens (tertiary/aromatic N) is 3. The van der Waals surface area contributed by atoms with Crippen LogP contribution in [0.5, 0.6) is 11.6 Å². The fourth-order valence-electron chi connectivity index (χ4n) is 2.38. The molecule has 9 heteroatoms. The van der Waals surface area contributed by atoms with E-state index in [2.05, 4.69) is 20.3 Å². The molecule has 0 saturated carbocycles. The zero-order valence-electron chi connectivity index (χ0n) is 15.9. The van der Waals surface area contributed by atoms with Crippen molar-refractivity contribution in [1.29, 1.82) is 0 Å². The number of carbonyl (C=O) groups is 2. The second kappa shape index (κ2) is 8.34. The highest BCUT2D eigenvalue weighted by molar-refractivity contribution is 5.92. The predicted molar refractivity (Wildman–Crippen MR) is 107 cm³/mol. The van der Waals surface area contributed by atoms with Gasteiger partial charge in [0.1, 0.15) is 23.3 Å². The Morgan fingerprint density at radius 1 is 1.07 bits per heavy atom. The standard InChI is InChI=1S/C20H20N6O3/c1-11-3-8-17(23-10-11)29-14-6-4-13(5-7-14)20-25-15(19(22)28)9-16(26-20)24-12(2)18(21)27/h3-10,12H,1-2H3,(H2,21,27)(H2,22,28)(H,24,25,26)/t12-/m0/s1. The molecule has 1 atom stereocenters. The van der Waals surface area contributed by atoms with Gasteiger partial charge in [-0.05, 0) is 43.7 Å². The van der Waals surface area contributed by atoms with Crippen LogP contribution in [0.2, 0.25) is 0 Å². The number of amides is 2. The van der Waals surface area contributed by atoms with Crippen molar-refractivity contribution >= 4 is 17.6 Å². The number of hydrogen-bond donors (Lipinski definition) is 3. The zero-order valence-corrected chi connectivity index (χ0v) is 15.9. The van der Waals surface area contributed by atoms with E-state index in [1.54, 1.807) is 43.5 Å². The average Bonchev–Trinajstić information content (AvgIpc) is 2.70. The Hall–Kier alpha value is -4.01. The molecule has 148 valence electrons. The minimum absolute atomic E-state index is 0.0124. The van der Waals surface area contributed by atoms with Gasteiger partial charge in [-0.25, -0.2) is 15.0 Å². The summed E-state index contributed by atoms with van der Waals surface area (Å²) in [5, 5.41) is 2.83. The summed E-state index contributed by atoms with van der Waals surface area (Å²) in [6.07, 6.45) is 1.72. The Morgan fingerprint density at radius 2 is 1.79 bits per heavy atom. The Balaban J connectivity index is 1.86. The second-order valence-electron chi connectivity index (χ2n) is 6.39. The van der Waals surface area contributed by atoms with Crippen LogP contribution in [0.15, 0.2) is 48.7 Å². The lowest BCUT2D eigenvalue weighted by Crippen LogP contribution is -2.33. The van der Waals surface area contributed by atoms with Gasteiger partial charge < -0.3 is 21.5 Å². The van der Waals surface area contributed by atoms with E-state index in [9.17, 15) is 9.59 Å². The summed E-state index contributed by atoms with van der Waals surface area (Å²) in [4.78, 5) is 35.6. The van der Waals surface area contributed by atoms with Crippen LogP contribution >= 0.6 is 0 Å². The largest absolute Gasteiger partial charge is 0.439 e. The van der Waals surface area contributed by atoms with E-state index in [1.807, 2.05) is 13.0 Å². The summed E-state index contributed by atoms with van der Waals surface area (Å²) in [5.41, 5.74) is 12.3. The number of benzene rings is 1. The van der Waals surface area contributed by atoms with Gasteiger partial charge in [0.25, 0.3) is 5.91 Å². The molecule has 9 nitrogen and oxygen atoms in total. The molecule has 2 aromatic heterocycles. The molecule has 0 unspecified atom stereocenters. The summed E-state index contributed by atoms with van der Waals surface area (Å²) in [7, 11) is 0. The van der Waals surface area contributed by atoms with Gasteiger partial charge >= 0.3 is 0 Å². The lowest BCUT2D eigenvalue weighted by atomic mass is 10.2. The van der Waals surface area contributed by atoms with Crippen molar-refractivity contribution in [3.8, 4) is 23.0 Å². The fraction of sp³-hybridized carbons (Fsp3) is 0.150. The van der Waals surface area contributed by atoms with Gasteiger partial charge in [-0.2, -0.15) is 0 Å². The van der Waals surface area contributed by atoms with Crippen LogP contribution in [0, 0.1) is 6.92 Å². The summed E-state index contributed by atoms with van der Waals surface area (Å²) in [6, 6.07) is 11.3. The van der Waals surface area contributed by atoms with Crippen LogP contribution in [0.25, 0.3) is 11.4 Å². The first kappa shape index (κ1) is 19.7. The van der Waals surface area contributed by atoms with E-state index >= 15 is 0 Å². The predicted octanol–water partition coefficient (Wildman–Crippen LogP) is 2.02. The third-order valence-corrected chi connectivity index (χ3v) is 3.99. The number of aryl methyl sites for hydroxylation is 1. The van der Waals surface area contributed by atoms with E-state index in [4.69, 9.17) is 16.2 Å². The van der Waals surface area contributed by atoms with Gasteiger partial charge in [0.15, 0.2) is 5.82 Å². The van der Waals surface area contributed by atoms with Crippen LogP contribution < -0.4 is 21.5 Å². The number of anilines is 1. The van der Waals surface area contributed by atoms with Crippen molar-refractivity contribution in [3.05, 3.63) is 59.9 Å². The van der Waals surface area contributed by atoms with E-state index < -0.39 is 17.9 Å². The third kappa shape index (κ3) is 5.04. The Bertz CT molecular complexity index is 1040. The molecule has 2 amide bonds. The van der Waals surface area contributed by atoms with Gasteiger partial charge in [-0.1, -0.05) is 6.07 Å². The fourth-order valence-corrected chi connectivity index (χ4v) is 2.38. The van der Waals surface area contributed by atoms with Crippen molar-refractivity contribution in [1.82, 2.24) is 15.0 Å². The topological polar surface area (TPSA) is 146 Å². The number of nitrogens with one attached hydrogen (secondary N) is 1. The van der Waals surface area contributed by atoms with Crippen LogP contribution in [0.1, 0.15) is 23.0 Å². The number of hydrogen-bond acceptors (Lipinski definition) is 7. The molecular formula is C20H20N6O3. The molecule has 29 heavy (non-hydrogen) atoms. The van der Waals surface area contributed by atoms with Gasteiger partial charge in [-0.3, -0.25) is 9.59 Å². The molecule has 2 heterocycles. The molecule has 5 N–H and O–H groups in total. The van der Waals surface area contributed by atoms with Crippen molar-refractivity contribution in [2.75, 3.05) is 5.32 Å². The summed E-state index contributed by atoms with van der Waals surface area (Å²) >= 11 is 0. The van der Waals surface area contributed by atoms with Gasteiger partial charge in [-0.15, -0.1) is 0 Å². The normalized spacial score (nSPS) is 11.5. The molecule has 0 aliphatic rings. The van der Waals surface area contributed by atoms with Gasteiger partial charge in [0, 0.05) is 23.9 Å². The Labute approximate surface area is 167 Å². The molecule has 3 aromatic rings. The number of nitrogens with two attached hydrogens (primary N) is 2. The van der Waals surface area contributed by atoms with E-state index in [0.29, 0.717) is 17.2 Å². The first-order valence-electron chi connectivity index (χ1n) is 8.77. The smallest absolute Gasteiger partial charge is 0.267 e. The minimum atomic E-state index is -0.714. The highest BCUT2D eigenvalue weighted by atomic mass is 16.5. The summed E-state index contributed by atoms with van der Waals surface area (Å²) in [5.74, 6) is 0.310. The van der Waals surface area contributed by atoms with Crippen LogP contribution in [0.3, 0.4) is 0 Å². The second-order valence-corrected chi connectivity index (χ2v) is 6.39. The molecule has 0 spiro atoms. The van der Waals surface area contributed by atoms with Gasteiger partial charge in [0.05, 0.1) is 0 Å². The first-order chi connectivity index (χ1) is 13.8. The molecule has 1 aromatic carbocycles. The van der Waals surface area contributed by atoms with E-state index in [0.717, 1.165) is 5.56 Å². The number of primary amides is 2. The van der Waals surface area contributed by atoms with Crippen molar-refractivity contribution in [2.24, 2.45) is 11.5 Å². The quantitative estimate of drug-likeness (QED) is 0.557. The number of pyridine rings is 1. The zero-order chi connectivity index (χ0) is 21.0. The molecular weight excluding hydrogens is 372 g/mol. The highest BCUT2D eigenvalue weighted by Gasteiger charge is 2.14. The highest BCUT2D eigenvalue weighted by Crippen LogP contribution is 2.24. The van der Waals surface area contributed by atoms with Crippen molar-refractivity contribution < 1.29 is 14.3 Å². The monoisotopic (exact) mass is 392 g/mol. The summed E-state index contributed by atoms with van der Waals surface area (Å²) in [6.45, 7) is 3.53. The van der Waals surface area contributed by atoms with E-state index in [1.165, 1.54) is 6.07 Å². The van der Waals surface area contributed by atoms with Crippen molar-refractivity contribution in [3.63, 3.8) is 0 Å². The molecule has 0 aliphatic carbocycles. The number of rotatable bonds is 7. The maximum absolute atomic E-state index is 11.6. The van der Waals surface area contributed by atoms with Crippen LogP contribution in [-0.2, 0) is 4.79 Å². The number of carbonyl (C=O) groups excluding carboxylic acids is 2. The number of ether oxygens (including phenoxy) is 1. The van der Waals surface area contributed by atoms with E-state index in [-0.39, 0.29) is 17.3 Å². The maximum Gasteiger partial charge on any atom is 0.267 e. The molecule has 3 rings (SSSR count). The minimum Gasteiger partial charge on any atom is -0.439 e. The molecule has 0 fully saturated rings. The SMILES string of the molecule is Cc1ccc(Oc2ccc(-c3nc(N[C@@H](C)C(N)=O)cc(C(N)=O)n3)cc2)nc1. The molecule has 0 saturated heterocycles. The van der Waals surface area contributed by atoms with Crippen molar-refractivity contribution in [2.45, 2.75) is 19.9 Å². The Kier molecular flexibility index (Phi) is 5.68. The first-order valence-corrected chi connectivity index (χ1v) is 8.77. The average molecular weight is 392 g/mol. The Morgan fingerprint density at radius 3 is 2.38 bits per heavy atom. The third-order valence-electron chi connectivity index (χ3n) is 3.99. The van der Waals surface area contributed by atoms with Crippen LogP contribution in [0.4, 0.5) is 5.82 Å². The summed E-state index contributed by atoms with van der Waals surface area (Å²) < 4.78 is 5.70. The van der Waals surface area contributed by atoms with Gasteiger partial charge in [0.2, 0.25) is 11.8 Å². The maximum atomic E-state index is 11.6. The lowest BCUT2D eigenvalue weighted by Gasteiger charge is -2.13. The van der Waals surface area contributed by atoms with Crippen LogP contribution in [-0.4, -0.2) is 32.8 Å². The molecule has 0 aliphatic heterocycles. The molecule has 0 bridgehead atoms. The number of aromatic nitrogens is 3.